The van der Waals surface area contributed by atoms with Gasteiger partial charge in [0.05, 0.1) is 0 Å². The van der Waals surface area contributed by atoms with Crippen molar-refractivity contribution in [3.63, 3.8) is 0 Å². The Morgan fingerprint density at radius 1 is 0.652 bits per heavy atom. The second-order valence-electron chi connectivity index (χ2n) is 6.40. The van der Waals surface area contributed by atoms with Gasteiger partial charge in [0.15, 0.2) is 0 Å². The van der Waals surface area contributed by atoms with Crippen molar-refractivity contribution in [2.75, 3.05) is 52.4 Å². The van der Waals surface area contributed by atoms with Gasteiger partial charge in [0.1, 0.15) is 0 Å². The first-order valence-electron chi connectivity index (χ1n) is 8.23. The molecule has 0 atom stereocenters. The topological polar surface area (TPSA) is 39.3 Å². The molecule has 0 amide bonds. The molecule has 1 aliphatic heterocycles. The zero-order valence-corrected chi connectivity index (χ0v) is 16.2. The molecular weight excluding hydrogens is 371 g/mol. The molecule has 0 saturated carbocycles. The summed E-state index contributed by atoms with van der Waals surface area (Å²) in [5, 5.41) is 9.45. The Morgan fingerprint density at radius 3 is 1.26 bits per heavy atom. The summed E-state index contributed by atoms with van der Waals surface area (Å²) in [6.45, 7) is 3.79. The van der Waals surface area contributed by atoms with Gasteiger partial charge < -0.3 is 0 Å². The molecule has 142 valence electrons. The molecule has 0 radical (unpaired) electrons. The first-order chi connectivity index (χ1) is 10.1. The van der Waals surface area contributed by atoms with E-state index in [4.69, 9.17) is 0 Å². The van der Waals surface area contributed by atoms with E-state index in [1.165, 1.54) is 0 Å². The van der Waals surface area contributed by atoms with Crippen molar-refractivity contribution >= 4 is 12.4 Å². The van der Waals surface area contributed by atoms with E-state index in [1.807, 2.05) is 0 Å². The SMILES string of the molecule is Cl.[CH3][Ti]([F])([F])([F])([F])[N]1CCCNCCCNCCCNCCC1. The summed E-state index contributed by atoms with van der Waals surface area (Å²) in [5.41, 5.74) is 0. The summed E-state index contributed by atoms with van der Waals surface area (Å²) in [4.78, 5) is 0. The summed E-state index contributed by atoms with van der Waals surface area (Å²) in [5.74, 6) is 0. The molecule has 1 aliphatic rings. The van der Waals surface area contributed by atoms with Crippen molar-refractivity contribution in [3.05, 3.63) is 0 Å². The fourth-order valence-corrected chi connectivity index (χ4v) is 4.76. The third kappa shape index (κ3) is 11.7. The van der Waals surface area contributed by atoms with Crippen LogP contribution in [0, 0.1) is 0 Å². The van der Waals surface area contributed by atoms with Crippen molar-refractivity contribution < 1.29 is 28.8 Å². The molecule has 0 aliphatic carbocycles. The number of halogens is 5. The van der Waals surface area contributed by atoms with E-state index < -0.39 is 16.4 Å². The quantitative estimate of drug-likeness (QED) is 0.466. The Balaban J connectivity index is 0.00000484. The maximum atomic E-state index is 13.7. The number of hydrogen-bond donors (Lipinski definition) is 3. The Kier molecular flexibility index (Phi) is 9.54. The van der Waals surface area contributed by atoms with Gasteiger partial charge in [-0.1, -0.05) is 0 Å². The van der Waals surface area contributed by atoms with Crippen LogP contribution in [-0.4, -0.2) is 55.7 Å². The summed E-state index contributed by atoms with van der Waals surface area (Å²) in [7, 11) is 0. The Labute approximate surface area is 144 Å². The first kappa shape index (κ1) is 23.6. The monoisotopic (exact) mass is 402 g/mol. The zero-order chi connectivity index (χ0) is 16.6. The molecule has 0 unspecified atom stereocenters. The molecule has 4 nitrogen and oxygen atoms in total. The summed E-state index contributed by atoms with van der Waals surface area (Å²) < 4.78 is 55.0. The van der Waals surface area contributed by atoms with Crippen LogP contribution in [0.5, 0.6) is 0 Å². The van der Waals surface area contributed by atoms with Crippen molar-refractivity contribution in [2.45, 2.75) is 30.9 Å². The average molecular weight is 403 g/mol. The molecular formula is C13H31ClF4N4Ti. The molecule has 0 aromatic carbocycles. The summed E-state index contributed by atoms with van der Waals surface area (Å²) in [6, 6.07) is 0. The van der Waals surface area contributed by atoms with Gasteiger partial charge in [-0.25, -0.2) is 0 Å². The number of rotatable bonds is 1. The van der Waals surface area contributed by atoms with E-state index in [-0.39, 0.29) is 34.1 Å². The van der Waals surface area contributed by atoms with Crippen molar-refractivity contribution in [1.82, 2.24) is 19.3 Å². The van der Waals surface area contributed by atoms with E-state index in [0.717, 1.165) is 39.0 Å². The van der Waals surface area contributed by atoms with Gasteiger partial charge >= 0.3 is 131 Å². The van der Waals surface area contributed by atoms with E-state index >= 15 is 0 Å². The molecule has 3 N–H and O–H groups in total. The van der Waals surface area contributed by atoms with Gasteiger partial charge in [0, 0.05) is 0 Å². The normalized spacial score (nSPS) is 24.9. The van der Waals surface area contributed by atoms with Crippen molar-refractivity contribution in [3.8, 4) is 0 Å². The van der Waals surface area contributed by atoms with Crippen LogP contribution in [-0.2, 0) is 16.4 Å². The third-order valence-corrected chi connectivity index (χ3v) is 6.95. The van der Waals surface area contributed by atoms with Gasteiger partial charge in [-0.3, -0.25) is 0 Å². The van der Waals surface area contributed by atoms with Crippen LogP contribution in [0.1, 0.15) is 25.7 Å². The molecule has 1 heterocycles. The second kappa shape index (κ2) is 9.31. The van der Waals surface area contributed by atoms with Gasteiger partial charge in [-0.2, -0.15) is 0 Å². The van der Waals surface area contributed by atoms with E-state index in [0.29, 0.717) is 25.9 Å². The zero-order valence-electron chi connectivity index (χ0n) is 13.9. The van der Waals surface area contributed by atoms with Crippen LogP contribution in [0.4, 0.5) is 12.4 Å². The minimum atomic E-state index is -8.92. The Morgan fingerprint density at radius 2 is 0.957 bits per heavy atom. The minimum absolute atomic E-state index is 0. The molecule has 10 heteroatoms. The maximum absolute atomic E-state index is 13.7. The third-order valence-electron chi connectivity index (χ3n) is 3.77. The molecule has 1 fully saturated rings. The van der Waals surface area contributed by atoms with E-state index in [1.54, 1.807) is 0 Å². The molecule has 23 heavy (non-hydrogen) atoms. The fraction of sp³-hybridized carbons (Fsp3) is 1.00. The van der Waals surface area contributed by atoms with Gasteiger partial charge in [-0.15, -0.1) is 12.4 Å². The van der Waals surface area contributed by atoms with Crippen LogP contribution in [0.15, 0.2) is 0 Å². The van der Waals surface area contributed by atoms with Crippen LogP contribution >= 0.6 is 12.4 Å². The molecule has 1 rings (SSSR count). The molecule has 0 spiro atoms. The predicted octanol–water partition coefficient (Wildman–Crippen LogP) is 2.78. The van der Waals surface area contributed by atoms with E-state index in [2.05, 4.69) is 16.0 Å². The van der Waals surface area contributed by atoms with Gasteiger partial charge in [0.2, 0.25) is 0 Å². The summed E-state index contributed by atoms with van der Waals surface area (Å²) in [6.07, 6.45) is 2.49. The number of nitrogens with one attached hydrogen (secondary N) is 3. The van der Waals surface area contributed by atoms with Crippen molar-refractivity contribution in [1.29, 1.82) is 0 Å². The van der Waals surface area contributed by atoms with Crippen LogP contribution in [0.25, 0.3) is 0 Å². The predicted molar refractivity (Wildman–Crippen MR) is 86.2 cm³/mol. The standard InChI is InChI=1S/C12H27N4.CH3.ClH.4FH.Ti/c1-5-13-7-2-9-15-11-4-12-16-10-3-8-14-6-1;;;;;;;/h13-15H,1-12H2;1H3;5*1H;/q-1;;;;;;;+5/p-4. The average Bonchev–Trinajstić information content (AvgIpc) is 2.35. The van der Waals surface area contributed by atoms with Crippen LogP contribution < -0.4 is 16.0 Å². The van der Waals surface area contributed by atoms with E-state index in [9.17, 15) is 12.4 Å². The van der Waals surface area contributed by atoms with Gasteiger partial charge in [-0.05, 0) is 0 Å². The van der Waals surface area contributed by atoms with Gasteiger partial charge in [0.25, 0.3) is 0 Å². The molecule has 0 aromatic heterocycles. The Hall–Kier alpha value is 0.564. The number of nitrogens with zero attached hydrogens (tertiary/aromatic N) is 1. The van der Waals surface area contributed by atoms with Crippen LogP contribution in [0.2, 0.25) is 5.23 Å². The number of hydrogen-bond acceptors (Lipinski definition) is 4. The molecule has 0 bridgehead atoms. The first-order valence-corrected chi connectivity index (χ1v) is 12.9. The van der Waals surface area contributed by atoms with Crippen molar-refractivity contribution in [2.24, 2.45) is 0 Å². The second-order valence-corrected chi connectivity index (χ2v) is 12.8. The molecule has 0 aromatic rings. The fourth-order valence-electron chi connectivity index (χ4n) is 2.52. The Bertz CT molecular complexity index is 312. The van der Waals surface area contributed by atoms with Crippen LogP contribution in [0.3, 0.4) is 0 Å². The summed E-state index contributed by atoms with van der Waals surface area (Å²) >= 11 is -8.92. The molecule has 1 saturated heterocycles.